The third kappa shape index (κ3) is 2.24. The van der Waals surface area contributed by atoms with E-state index < -0.39 is 28.7 Å². The summed E-state index contributed by atoms with van der Waals surface area (Å²) in [5.74, 6) is -3.11. The molecule has 0 aliphatic rings. The van der Waals surface area contributed by atoms with Crippen molar-refractivity contribution in [1.29, 1.82) is 0 Å². The molecule has 19 heavy (non-hydrogen) atoms. The summed E-state index contributed by atoms with van der Waals surface area (Å²) in [5.41, 5.74) is -1.23. The van der Waals surface area contributed by atoms with Crippen LogP contribution in [0.25, 0.3) is 5.69 Å². The predicted octanol–water partition coefficient (Wildman–Crippen LogP) is 2.12. The van der Waals surface area contributed by atoms with Gasteiger partial charge in [0.05, 0.1) is 5.69 Å². The predicted molar refractivity (Wildman–Crippen MR) is 63.7 cm³/mol. The van der Waals surface area contributed by atoms with Crippen LogP contribution in [0.15, 0.2) is 35.3 Å². The fourth-order valence-electron chi connectivity index (χ4n) is 1.75. The largest absolute Gasteiger partial charge is 0.477 e. The van der Waals surface area contributed by atoms with E-state index in [2.05, 4.69) is 0 Å². The van der Waals surface area contributed by atoms with Gasteiger partial charge in [0.15, 0.2) is 0 Å². The number of benzene rings is 1. The van der Waals surface area contributed by atoms with Crippen molar-refractivity contribution in [3.05, 3.63) is 63.6 Å². The summed E-state index contributed by atoms with van der Waals surface area (Å²) >= 11 is 0. The average molecular weight is 265 g/mol. The Kier molecular flexibility index (Phi) is 3.16. The molecule has 0 saturated carbocycles. The molecule has 0 spiro atoms. The number of nitrogens with zero attached hydrogens (tertiary/aromatic N) is 1. The first-order valence-corrected chi connectivity index (χ1v) is 5.33. The Morgan fingerprint density at radius 2 is 1.95 bits per heavy atom. The van der Waals surface area contributed by atoms with Crippen LogP contribution in [0.2, 0.25) is 0 Å². The second-order valence-electron chi connectivity index (χ2n) is 3.95. The molecule has 1 N–H and O–H groups in total. The van der Waals surface area contributed by atoms with Crippen molar-refractivity contribution in [1.82, 2.24) is 4.57 Å². The van der Waals surface area contributed by atoms with Gasteiger partial charge < -0.3 is 5.11 Å². The average Bonchev–Trinajstić information content (AvgIpc) is 2.30. The van der Waals surface area contributed by atoms with Crippen molar-refractivity contribution in [2.45, 2.75) is 6.92 Å². The molecule has 0 fully saturated rings. The Labute approximate surface area is 106 Å². The van der Waals surface area contributed by atoms with E-state index in [0.717, 1.165) is 16.7 Å². The number of carbonyl (C=O) groups is 1. The number of halogens is 2. The van der Waals surface area contributed by atoms with Gasteiger partial charge in [-0.05, 0) is 30.7 Å². The van der Waals surface area contributed by atoms with E-state index in [9.17, 15) is 18.4 Å². The van der Waals surface area contributed by atoms with Gasteiger partial charge >= 0.3 is 5.97 Å². The maximum atomic E-state index is 13.6. The van der Waals surface area contributed by atoms with Crippen LogP contribution >= 0.6 is 0 Å². The van der Waals surface area contributed by atoms with Crippen LogP contribution < -0.4 is 5.56 Å². The third-order valence-electron chi connectivity index (χ3n) is 2.68. The van der Waals surface area contributed by atoms with Crippen molar-refractivity contribution in [2.75, 3.05) is 0 Å². The standard InChI is InChI=1S/C13H9F2NO3/c1-7-4-5-16(12(17)11(7)13(18)19)10-3-2-8(14)6-9(10)15/h2-6H,1H3,(H,18,19). The van der Waals surface area contributed by atoms with Crippen molar-refractivity contribution in [3.63, 3.8) is 0 Å². The van der Waals surface area contributed by atoms with Gasteiger partial charge in [-0.2, -0.15) is 0 Å². The van der Waals surface area contributed by atoms with Crippen molar-refractivity contribution in [3.8, 4) is 5.69 Å². The zero-order chi connectivity index (χ0) is 14.2. The monoisotopic (exact) mass is 265 g/mol. The lowest BCUT2D eigenvalue weighted by atomic mass is 10.1. The van der Waals surface area contributed by atoms with Gasteiger partial charge in [0.2, 0.25) is 0 Å². The second-order valence-corrected chi connectivity index (χ2v) is 3.95. The van der Waals surface area contributed by atoms with E-state index in [-0.39, 0.29) is 11.3 Å². The highest BCUT2D eigenvalue weighted by atomic mass is 19.1. The molecular formula is C13H9F2NO3. The Bertz CT molecular complexity index is 722. The summed E-state index contributed by atoms with van der Waals surface area (Å²) < 4.78 is 27.3. The molecule has 2 aromatic rings. The van der Waals surface area contributed by atoms with Crippen LogP contribution in [0.4, 0.5) is 8.78 Å². The lowest BCUT2D eigenvalue weighted by molar-refractivity contribution is 0.0693. The quantitative estimate of drug-likeness (QED) is 0.904. The van der Waals surface area contributed by atoms with Gasteiger partial charge in [0, 0.05) is 12.3 Å². The zero-order valence-corrected chi connectivity index (χ0v) is 9.85. The number of aromatic nitrogens is 1. The molecule has 6 heteroatoms. The maximum Gasteiger partial charge on any atom is 0.341 e. The number of rotatable bonds is 2. The smallest absolute Gasteiger partial charge is 0.341 e. The normalized spacial score (nSPS) is 10.5. The molecule has 1 aromatic carbocycles. The maximum absolute atomic E-state index is 13.6. The summed E-state index contributed by atoms with van der Waals surface area (Å²) in [6.45, 7) is 1.47. The van der Waals surface area contributed by atoms with Gasteiger partial charge in [-0.25, -0.2) is 13.6 Å². The molecule has 0 aliphatic heterocycles. The summed E-state index contributed by atoms with van der Waals surface area (Å²) in [7, 11) is 0. The van der Waals surface area contributed by atoms with E-state index in [0.29, 0.717) is 6.07 Å². The Hall–Kier alpha value is -2.50. The van der Waals surface area contributed by atoms with Gasteiger partial charge in [-0.3, -0.25) is 9.36 Å². The number of pyridine rings is 1. The molecule has 98 valence electrons. The third-order valence-corrected chi connectivity index (χ3v) is 2.68. The van der Waals surface area contributed by atoms with Crippen LogP contribution in [0.3, 0.4) is 0 Å². The lowest BCUT2D eigenvalue weighted by Gasteiger charge is -2.09. The van der Waals surface area contributed by atoms with Crippen LogP contribution in [0, 0.1) is 18.6 Å². The van der Waals surface area contributed by atoms with E-state index in [4.69, 9.17) is 5.11 Å². The molecule has 0 atom stereocenters. The number of hydrogen-bond acceptors (Lipinski definition) is 2. The molecule has 0 aliphatic carbocycles. The minimum absolute atomic E-state index is 0.200. The van der Waals surface area contributed by atoms with Gasteiger partial charge in [-0.15, -0.1) is 0 Å². The molecule has 2 rings (SSSR count). The highest BCUT2D eigenvalue weighted by molar-refractivity contribution is 5.88. The number of carboxylic acids is 1. The Balaban J connectivity index is 2.74. The highest BCUT2D eigenvalue weighted by Gasteiger charge is 2.16. The summed E-state index contributed by atoms with van der Waals surface area (Å²) in [5, 5.41) is 8.96. The summed E-state index contributed by atoms with van der Waals surface area (Å²) in [6, 6.07) is 4.08. The van der Waals surface area contributed by atoms with E-state index >= 15 is 0 Å². The minimum Gasteiger partial charge on any atom is -0.477 e. The summed E-state index contributed by atoms with van der Waals surface area (Å²) in [4.78, 5) is 23.0. The van der Waals surface area contributed by atoms with Crippen LogP contribution in [0.5, 0.6) is 0 Å². The second kappa shape index (κ2) is 4.64. The molecule has 1 aromatic heterocycles. The summed E-state index contributed by atoms with van der Waals surface area (Å²) in [6.07, 6.45) is 1.25. The number of aromatic carboxylic acids is 1. The first kappa shape index (κ1) is 12.9. The fraction of sp³-hybridized carbons (Fsp3) is 0.0769. The van der Waals surface area contributed by atoms with Crippen molar-refractivity contribution >= 4 is 5.97 Å². The topological polar surface area (TPSA) is 59.3 Å². The van der Waals surface area contributed by atoms with Gasteiger partial charge in [-0.1, -0.05) is 0 Å². The van der Waals surface area contributed by atoms with E-state index in [1.165, 1.54) is 19.2 Å². The highest BCUT2D eigenvalue weighted by Crippen LogP contribution is 2.14. The molecule has 1 heterocycles. The molecule has 0 amide bonds. The SMILES string of the molecule is Cc1ccn(-c2ccc(F)cc2F)c(=O)c1C(=O)O. The molecule has 0 bridgehead atoms. The molecular weight excluding hydrogens is 256 g/mol. The van der Waals surface area contributed by atoms with E-state index in [1.54, 1.807) is 0 Å². The Morgan fingerprint density at radius 3 is 2.53 bits per heavy atom. The van der Waals surface area contributed by atoms with Gasteiger partial charge in [0.1, 0.15) is 17.2 Å². The first-order valence-electron chi connectivity index (χ1n) is 5.33. The van der Waals surface area contributed by atoms with Crippen LogP contribution in [-0.2, 0) is 0 Å². The van der Waals surface area contributed by atoms with Gasteiger partial charge in [0.25, 0.3) is 5.56 Å². The molecule has 0 unspecified atom stereocenters. The lowest BCUT2D eigenvalue weighted by Crippen LogP contribution is -2.26. The molecule has 0 radical (unpaired) electrons. The van der Waals surface area contributed by atoms with Crippen LogP contribution in [0.1, 0.15) is 15.9 Å². The minimum atomic E-state index is -1.39. The zero-order valence-electron chi connectivity index (χ0n) is 9.85. The van der Waals surface area contributed by atoms with Crippen LogP contribution in [-0.4, -0.2) is 15.6 Å². The van der Waals surface area contributed by atoms with E-state index in [1.807, 2.05) is 0 Å². The number of carboxylic acid groups (broad SMARTS) is 1. The molecule has 4 nitrogen and oxygen atoms in total. The fourth-order valence-corrected chi connectivity index (χ4v) is 1.75. The van der Waals surface area contributed by atoms with Crippen molar-refractivity contribution in [2.24, 2.45) is 0 Å². The number of hydrogen-bond donors (Lipinski definition) is 1. The number of aryl methyl sites for hydroxylation is 1. The van der Waals surface area contributed by atoms with Crippen molar-refractivity contribution < 1.29 is 18.7 Å². The Morgan fingerprint density at radius 1 is 1.26 bits per heavy atom. The molecule has 0 saturated heterocycles. The first-order chi connectivity index (χ1) is 8.91.